The third-order valence-electron chi connectivity index (χ3n) is 2.36. The first kappa shape index (κ1) is 11.9. The lowest BCUT2D eigenvalue weighted by molar-refractivity contribution is 0.285. The third-order valence-corrected chi connectivity index (χ3v) is 2.59. The summed E-state index contributed by atoms with van der Waals surface area (Å²) in [6.07, 6.45) is 1.63. The summed E-state index contributed by atoms with van der Waals surface area (Å²) in [5.74, 6) is 0.697. The van der Waals surface area contributed by atoms with E-state index in [4.69, 9.17) is 22.1 Å². The molecule has 17 heavy (non-hydrogen) atoms. The van der Waals surface area contributed by atoms with Crippen LogP contribution in [0.1, 0.15) is 11.7 Å². The van der Waals surface area contributed by atoms with E-state index in [-0.39, 0.29) is 6.04 Å². The van der Waals surface area contributed by atoms with Crippen molar-refractivity contribution in [3.05, 3.63) is 41.2 Å². The van der Waals surface area contributed by atoms with Gasteiger partial charge in [-0.15, -0.1) is 5.10 Å². The molecule has 0 radical (unpaired) electrons. The average Bonchev–Trinajstić information content (AvgIpc) is 2.72. The van der Waals surface area contributed by atoms with E-state index in [1.165, 1.54) is 0 Å². The van der Waals surface area contributed by atoms with Crippen LogP contribution >= 0.6 is 11.6 Å². The SMILES string of the molecule is Cn1nncc1C(N)COc1cccc(Cl)c1. The first-order chi connectivity index (χ1) is 8.16. The summed E-state index contributed by atoms with van der Waals surface area (Å²) in [5, 5.41) is 8.22. The van der Waals surface area contributed by atoms with Crippen molar-refractivity contribution in [2.45, 2.75) is 6.04 Å². The maximum Gasteiger partial charge on any atom is 0.120 e. The molecule has 90 valence electrons. The summed E-state index contributed by atoms with van der Waals surface area (Å²) in [7, 11) is 1.79. The van der Waals surface area contributed by atoms with Gasteiger partial charge in [0.2, 0.25) is 0 Å². The Kier molecular flexibility index (Phi) is 3.61. The van der Waals surface area contributed by atoms with Crippen LogP contribution < -0.4 is 10.5 Å². The van der Waals surface area contributed by atoms with Crippen molar-refractivity contribution in [1.82, 2.24) is 15.0 Å². The van der Waals surface area contributed by atoms with Crippen LogP contribution in [0.25, 0.3) is 0 Å². The van der Waals surface area contributed by atoms with Crippen LogP contribution in [0.3, 0.4) is 0 Å². The summed E-state index contributed by atoms with van der Waals surface area (Å²) < 4.78 is 7.18. The van der Waals surface area contributed by atoms with E-state index in [1.54, 1.807) is 30.1 Å². The minimum Gasteiger partial charge on any atom is -0.492 e. The fourth-order valence-corrected chi connectivity index (χ4v) is 1.64. The van der Waals surface area contributed by atoms with Crippen LogP contribution in [0.5, 0.6) is 5.75 Å². The van der Waals surface area contributed by atoms with Crippen molar-refractivity contribution < 1.29 is 4.74 Å². The number of halogens is 1. The number of ether oxygens (including phenoxy) is 1. The Morgan fingerprint density at radius 3 is 3.00 bits per heavy atom. The molecule has 2 N–H and O–H groups in total. The molecule has 1 unspecified atom stereocenters. The Labute approximate surface area is 104 Å². The van der Waals surface area contributed by atoms with Gasteiger partial charge >= 0.3 is 0 Å². The van der Waals surface area contributed by atoms with Crippen LogP contribution in [0.4, 0.5) is 0 Å². The van der Waals surface area contributed by atoms with E-state index in [0.717, 1.165) is 5.69 Å². The van der Waals surface area contributed by atoms with E-state index in [1.807, 2.05) is 12.1 Å². The first-order valence-corrected chi connectivity index (χ1v) is 5.53. The highest BCUT2D eigenvalue weighted by molar-refractivity contribution is 6.30. The maximum atomic E-state index is 5.97. The lowest BCUT2D eigenvalue weighted by Crippen LogP contribution is -2.21. The molecule has 0 aliphatic heterocycles. The zero-order valence-electron chi connectivity index (χ0n) is 9.38. The quantitative estimate of drug-likeness (QED) is 0.897. The van der Waals surface area contributed by atoms with Crippen LogP contribution in [-0.4, -0.2) is 21.6 Å². The van der Waals surface area contributed by atoms with Gasteiger partial charge < -0.3 is 10.5 Å². The van der Waals surface area contributed by atoms with Crippen LogP contribution in [0.2, 0.25) is 5.02 Å². The highest BCUT2D eigenvalue weighted by Crippen LogP contribution is 2.18. The van der Waals surface area contributed by atoms with Crippen molar-refractivity contribution in [3.63, 3.8) is 0 Å². The molecular formula is C11H13ClN4O. The summed E-state index contributed by atoms with van der Waals surface area (Å²) in [4.78, 5) is 0. The second-order valence-electron chi connectivity index (χ2n) is 3.66. The molecule has 1 atom stereocenters. The molecule has 0 fully saturated rings. The van der Waals surface area contributed by atoms with Gasteiger partial charge in [-0.2, -0.15) is 0 Å². The van der Waals surface area contributed by atoms with E-state index >= 15 is 0 Å². The molecule has 1 aromatic carbocycles. The molecule has 0 amide bonds. The number of nitrogens with zero attached hydrogens (tertiary/aromatic N) is 3. The fourth-order valence-electron chi connectivity index (χ4n) is 1.46. The van der Waals surface area contributed by atoms with Gasteiger partial charge in [-0.05, 0) is 18.2 Å². The zero-order valence-corrected chi connectivity index (χ0v) is 10.1. The normalized spacial score (nSPS) is 12.4. The smallest absolute Gasteiger partial charge is 0.120 e. The third kappa shape index (κ3) is 2.95. The van der Waals surface area contributed by atoms with Gasteiger partial charge in [0.05, 0.1) is 17.9 Å². The molecular weight excluding hydrogens is 240 g/mol. The van der Waals surface area contributed by atoms with Gasteiger partial charge in [0, 0.05) is 12.1 Å². The topological polar surface area (TPSA) is 66.0 Å². The highest BCUT2D eigenvalue weighted by atomic mass is 35.5. The number of rotatable bonds is 4. The molecule has 6 heteroatoms. The molecule has 0 aliphatic rings. The van der Waals surface area contributed by atoms with Crippen molar-refractivity contribution in [3.8, 4) is 5.75 Å². The Morgan fingerprint density at radius 2 is 2.35 bits per heavy atom. The van der Waals surface area contributed by atoms with Crippen molar-refractivity contribution in [2.75, 3.05) is 6.61 Å². The standard InChI is InChI=1S/C11H13ClN4O/c1-16-11(6-14-15-16)10(13)7-17-9-4-2-3-8(12)5-9/h2-6,10H,7,13H2,1H3. The molecule has 5 nitrogen and oxygen atoms in total. The van der Waals surface area contributed by atoms with Gasteiger partial charge in [0.25, 0.3) is 0 Å². The second-order valence-corrected chi connectivity index (χ2v) is 4.09. The van der Waals surface area contributed by atoms with Crippen molar-refractivity contribution >= 4 is 11.6 Å². The summed E-state index contributed by atoms with van der Waals surface area (Å²) in [6.45, 7) is 0.349. The Hall–Kier alpha value is -1.59. The van der Waals surface area contributed by atoms with Gasteiger partial charge in [0.1, 0.15) is 12.4 Å². The Morgan fingerprint density at radius 1 is 1.53 bits per heavy atom. The lowest BCUT2D eigenvalue weighted by Gasteiger charge is -2.12. The second kappa shape index (κ2) is 5.16. The summed E-state index contributed by atoms with van der Waals surface area (Å²) >= 11 is 5.85. The maximum absolute atomic E-state index is 5.97. The van der Waals surface area contributed by atoms with Gasteiger partial charge in [-0.1, -0.05) is 22.9 Å². The highest BCUT2D eigenvalue weighted by Gasteiger charge is 2.11. The molecule has 0 aliphatic carbocycles. The molecule has 0 spiro atoms. The first-order valence-electron chi connectivity index (χ1n) is 5.15. The van der Waals surface area contributed by atoms with E-state index in [2.05, 4.69) is 10.3 Å². The number of benzene rings is 1. The minimum absolute atomic E-state index is 0.269. The average molecular weight is 253 g/mol. The molecule has 0 bridgehead atoms. The van der Waals surface area contributed by atoms with E-state index in [9.17, 15) is 0 Å². The largest absolute Gasteiger partial charge is 0.492 e. The molecule has 1 aromatic heterocycles. The monoisotopic (exact) mass is 252 g/mol. The molecule has 2 aromatic rings. The molecule has 0 saturated carbocycles. The number of nitrogens with two attached hydrogens (primary N) is 1. The number of aromatic nitrogens is 3. The van der Waals surface area contributed by atoms with Crippen molar-refractivity contribution in [2.24, 2.45) is 12.8 Å². The summed E-state index contributed by atoms with van der Waals surface area (Å²) in [6, 6.07) is 6.93. The number of hydrogen-bond donors (Lipinski definition) is 1. The lowest BCUT2D eigenvalue weighted by atomic mass is 10.2. The predicted octanol–water partition coefficient (Wildman–Crippen LogP) is 1.55. The van der Waals surface area contributed by atoms with Gasteiger partial charge in [-0.3, -0.25) is 4.68 Å². The predicted molar refractivity (Wildman–Crippen MR) is 64.9 cm³/mol. The Balaban J connectivity index is 1.97. The summed E-state index contributed by atoms with van der Waals surface area (Å²) in [5.41, 5.74) is 6.79. The fraction of sp³-hybridized carbons (Fsp3) is 0.273. The van der Waals surface area contributed by atoms with E-state index in [0.29, 0.717) is 17.4 Å². The number of aryl methyl sites for hydroxylation is 1. The van der Waals surface area contributed by atoms with Crippen LogP contribution in [0.15, 0.2) is 30.5 Å². The van der Waals surface area contributed by atoms with Crippen LogP contribution in [-0.2, 0) is 7.05 Å². The zero-order chi connectivity index (χ0) is 12.3. The van der Waals surface area contributed by atoms with Crippen molar-refractivity contribution in [1.29, 1.82) is 0 Å². The molecule has 2 rings (SSSR count). The molecule has 0 saturated heterocycles. The molecule has 1 heterocycles. The van der Waals surface area contributed by atoms with E-state index < -0.39 is 0 Å². The van der Waals surface area contributed by atoms with Gasteiger partial charge in [0.15, 0.2) is 0 Å². The Bertz CT molecular complexity index is 500. The minimum atomic E-state index is -0.269. The number of hydrogen-bond acceptors (Lipinski definition) is 4. The van der Waals surface area contributed by atoms with Gasteiger partial charge in [-0.25, -0.2) is 0 Å². The van der Waals surface area contributed by atoms with Crippen LogP contribution in [0, 0.1) is 0 Å².